The zero-order valence-corrected chi connectivity index (χ0v) is 11.8. The lowest BCUT2D eigenvalue weighted by Crippen LogP contribution is -2.05. The highest BCUT2D eigenvalue weighted by molar-refractivity contribution is 5.53. The Kier molecular flexibility index (Phi) is 4.40. The maximum atomic E-state index is 12.5. The summed E-state index contributed by atoms with van der Waals surface area (Å²) >= 11 is 0. The first-order valence-electron chi connectivity index (χ1n) is 6.48. The molecule has 21 heavy (non-hydrogen) atoms. The summed E-state index contributed by atoms with van der Waals surface area (Å²) in [6, 6.07) is 10.5. The number of aryl methyl sites for hydroxylation is 1. The van der Waals surface area contributed by atoms with Gasteiger partial charge in [0.2, 0.25) is 0 Å². The molecule has 112 valence electrons. The zero-order valence-electron chi connectivity index (χ0n) is 11.8. The summed E-state index contributed by atoms with van der Waals surface area (Å²) < 4.78 is 43.0. The fourth-order valence-corrected chi connectivity index (χ4v) is 2.02. The predicted molar refractivity (Wildman–Crippen MR) is 76.5 cm³/mol. The van der Waals surface area contributed by atoms with Gasteiger partial charge in [-0.2, -0.15) is 13.2 Å². The van der Waals surface area contributed by atoms with Gasteiger partial charge in [-0.3, -0.25) is 0 Å². The highest BCUT2D eigenvalue weighted by Crippen LogP contribution is 2.30. The van der Waals surface area contributed by atoms with Gasteiger partial charge in [-0.15, -0.1) is 0 Å². The van der Waals surface area contributed by atoms with Crippen LogP contribution < -0.4 is 10.1 Å². The van der Waals surface area contributed by atoms with Gasteiger partial charge >= 0.3 is 6.18 Å². The molecule has 0 bridgehead atoms. The van der Waals surface area contributed by atoms with Crippen LogP contribution in [0.25, 0.3) is 0 Å². The molecule has 0 saturated carbocycles. The average molecular weight is 295 g/mol. The Hall–Kier alpha value is -2.17. The number of nitrogens with one attached hydrogen (secondary N) is 1. The molecule has 0 aliphatic rings. The topological polar surface area (TPSA) is 21.3 Å². The molecule has 1 N–H and O–H groups in total. The molecule has 0 amide bonds. The van der Waals surface area contributed by atoms with Crippen LogP contribution in [0.15, 0.2) is 42.5 Å². The third-order valence-electron chi connectivity index (χ3n) is 3.24. The Balaban J connectivity index is 2.10. The Morgan fingerprint density at radius 1 is 1.05 bits per heavy atom. The monoisotopic (exact) mass is 295 g/mol. The first kappa shape index (κ1) is 15.2. The zero-order chi connectivity index (χ0) is 15.5. The predicted octanol–water partition coefficient (Wildman–Crippen LogP) is 4.63. The maximum absolute atomic E-state index is 12.5. The van der Waals surface area contributed by atoms with Crippen molar-refractivity contribution in [3.63, 3.8) is 0 Å². The second-order valence-electron chi connectivity index (χ2n) is 4.66. The first-order valence-corrected chi connectivity index (χ1v) is 6.48. The molecule has 0 fully saturated rings. The molecule has 0 spiro atoms. The van der Waals surface area contributed by atoms with Gasteiger partial charge in [0, 0.05) is 18.3 Å². The van der Waals surface area contributed by atoms with Crippen LogP contribution in [-0.4, -0.2) is 7.05 Å². The normalized spacial score (nSPS) is 11.3. The van der Waals surface area contributed by atoms with Crippen LogP contribution in [0.4, 0.5) is 18.9 Å². The molecule has 0 radical (unpaired) electrons. The minimum Gasteiger partial charge on any atom is -0.489 e. The summed E-state index contributed by atoms with van der Waals surface area (Å²) in [5.74, 6) is 0.410. The Morgan fingerprint density at radius 3 is 2.29 bits per heavy atom. The molecule has 2 aromatic rings. The summed E-state index contributed by atoms with van der Waals surface area (Å²) in [6.45, 7) is 2.26. The number of alkyl halides is 3. The van der Waals surface area contributed by atoms with Gasteiger partial charge < -0.3 is 10.1 Å². The van der Waals surface area contributed by atoms with Crippen molar-refractivity contribution in [1.29, 1.82) is 0 Å². The first-order chi connectivity index (χ1) is 9.91. The van der Waals surface area contributed by atoms with E-state index < -0.39 is 11.7 Å². The maximum Gasteiger partial charge on any atom is 0.416 e. The molecule has 0 saturated heterocycles. The Morgan fingerprint density at radius 2 is 1.71 bits per heavy atom. The molecular formula is C16H16F3NO. The number of hydrogen-bond acceptors (Lipinski definition) is 2. The highest BCUT2D eigenvalue weighted by Gasteiger charge is 2.30. The van der Waals surface area contributed by atoms with Crippen molar-refractivity contribution >= 4 is 5.69 Å². The van der Waals surface area contributed by atoms with E-state index >= 15 is 0 Å². The van der Waals surface area contributed by atoms with E-state index in [0.29, 0.717) is 12.4 Å². The van der Waals surface area contributed by atoms with Gasteiger partial charge in [-0.1, -0.05) is 12.1 Å². The molecule has 0 heterocycles. The molecule has 0 aliphatic carbocycles. The second kappa shape index (κ2) is 6.08. The second-order valence-corrected chi connectivity index (χ2v) is 4.66. The van der Waals surface area contributed by atoms with Crippen LogP contribution in [-0.2, 0) is 12.8 Å². The minimum absolute atomic E-state index is 0.300. The van der Waals surface area contributed by atoms with Gasteiger partial charge in [0.15, 0.2) is 0 Å². The van der Waals surface area contributed by atoms with Crippen LogP contribution in [0, 0.1) is 6.92 Å². The molecular weight excluding hydrogens is 279 g/mol. The lowest BCUT2D eigenvalue weighted by Gasteiger charge is -2.14. The number of ether oxygens (including phenoxy) is 1. The van der Waals surface area contributed by atoms with Crippen molar-refractivity contribution in [1.82, 2.24) is 0 Å². The smallest absolute Gasteiger partial charge is 0.416 e. The molecule has 0 aliphatic heterocycles. The van der Waals surface area contributed by atoms with E-state index in [1.165, 1.54) is 12.1 Å². The van der Waals surface area contributed by atoms with Gasteiger partial charge in [-0.25, -0.2) is 0 Å². The fourth-order valence-electron chi connectivity index (χ4n) is 2.02. The van der Waals surface area contributed by atoms with Crippen LogP contribution >= 0.6 is 0 Å². The van der Waals surface area contributed by atoms with E-state index in [9.17, 15) is 13.2 Å². The number of hydrogen-bond donors (Lipinski definition) is 1. The number of rotatable bonds is 4. The van der Waals surface area contributed by atoms with Crippen molar-refractivity contribution in [2.75, 3.05) is 12.4 Å². The minimum atomic E-state index is -4.33. The summed E-state index contributed by atoms with van der Waals surface area (Å²) in [6.07, 6.45) is -4.33. The molecule has 0 aromatic heterocycles. The van der Waals surface area contributed by atoms with Crippen LogP contribution in [0.3, 0.4) is 0 Å². The van der Waals surface area contributed by atoms with Crippen LogP contribution in [0.1, 0.15) is 16.7 Å². The molecule has 5 heteroatoms. The lowest BCUT2D eigenvalue weighted by atomic mass is 10.1. The average Bonchev–Trinajstić information content (AvgIpc) is 2.45. The van der Waals surface area contributed by atoms with Crippen LogP contribution in [0.5, 0.6) is 5.75 Å². The summed E-state index contributed by atoms with van der Waals surface area (Å²) in [5, 5.41) is 3.07. The van der Waals surface area contributed by atoms with Crippen molar-refractivity contribution in [2.45, 2.75) is 19.7 Å². The number of anilines is 1. The van der Waals surface area contributed by atoms with Gasteiger partial charge in [0.1, 0.15) is 12.4 Å². The summed E-state index contributed by atoms with van der Waals surface area (Å²) in [7, 11) is 1.82. The van der Waals surface area contributed by atoms with E-state index in [1.54, 1.807) is 0 Å². The SMILES string of the molecule is CNc1cccc(C)c1COc1ccc(C(F)(F)F)cc1. The standard InChI is InChI=1S/C16H16F3NO/c1-11-4-3-5-15(20-2)14(11)10-21-13-8-6-12(7-9-13)16(17,18)19/h3-9,20H,10H2,1-2H3. The molecule has 2 nitrogen and oxygen atoms in total. The molecule has 2 aromatic carbocycles. The Bertz CT molecular complexity index is 606. The Labute approximate surface area is 121 Å². The third-order valence-corrected chi connectivity index (χ3v) is 3.24. The van der Waals surface area contributed by atoms with E-state index in [0.717, 1.165) is 28.9 Å². The number of benzene rings is 2. The van der Waals surface area contributed by atoms with E-state index in [1.807, 2.05) is 32.2 Å². The van der Waals surface area contributed by atoms with E-state index in [-0.39, 0.29) is 0 Å². The quantitative estimate of drug-likeness (QED) is 0.887. The molecule has 0 unspecified atom stereocenters. The van der Waals surface area contributed by atoms with Crippen molar-refractivity contribution in [2.24, 2.45) is 0 Å². The number of halogens is 3. The summed E-state index contributed by atoms with van der Waals surface area (Å²) in [5.41, 5.74) is 2.32. The van der Waals surface area contributed by atoms with E-state index in [2.05, 4.69) is 5.32 Å². The highest BCUT2D eigenvalue weighted by atomic mass is 19.4. The van der Waals surface area contributed by atoms with Crippen molar-refractivity contribution in [3.05, 3.63) is 59.2 Å². The van der Waals surface area contributed by atoms with E-state index in [4.69, 9.17) is 4.74 Å². The lowest BCUT2D eigenvalue weighted by molar-refractivity contribution is -0.137. The van der Waals surface area contributed by atoms with Gasteiger partial charge in [0.05, 0.1) is 5.56 Å². The van der Waals surface area contributed by atoms with Gasteiger partial charge in [0.25, 0.3) is 0 Å². The molecule has 2 rings (SSSR count). The van der Waals surface area contributed by atoms with Crippen molar-refractivity contribution < 1.29 is 17.9 Å². The fraction of sp³-hybridized carbons (Fsp3) is 0.250. The summed E-state index contributed by atoms with van der Waals surface area (Å²) in [4.78, 5) is 0. The van der Waals surface area contributed by atoms with Gasteiger partial charge in [-0.05, 0) is 42.8 Å². The third kappa shape index (κ3) is 3.68. The molecule has 0 atom stereocenters. The van der Waals surface area contributed by atoms with Crippen LogP contribution in [0.2, 0.25) is 0 Å². The largest absolute Gasteiger partial charge is 0.489 e. The van der Waals surface area contributed by atoms with Crippen molar-refractivity contribution in [3.8, 4) is 5.75 Å².